The molecule has 3 nitrogen and oxygen atoms in total. The van der Waals surface area contributed by atoms with Crippen LogP contribution >= 0.6 is 0 Å². The van der Waals surface area contributed by atoms with Gasteiger partial charge in [0, 0.05) is 31.0 Å². The Morgan fingerprint density at radius 2 is 1.83 bits per heavy atom. The van der Waals surface area contributed by atoms with Crippen molar-refractivity contribution < 1.29 is 4.74 Å². The van der Waals surface area contributed by atoms with Gasteiger partial charge < -0.3 is 15.4 Å². The number of ether oxygens (including phenoxy) is 1. The number of benzene rings is 2. The molecule has 3 heteroatoms. The van der Waals surface area contributed by atoms with Crippen molar-refractivity contribution in [1.82, 2.24) is 0 Å². The molecule has 0 unspecified atom stereocenters. The maximum Gasteiger partial charge on any atom is 0.120 e. The lowest BCUT2D eigenvalue weighted by Crippen LogP contribution is -2.17. The van der Waals surface area contributed by atoms with E-state index in [4.69, 9.17) is 10.5 Å². The summed E-state index contributed by atoms with van der Waals surface area (Å²) in [6.07, 6.45) is 0. The molecule has 0 aliphatic heterocycles. The molecular formula is C15H18N2O. The summed E-state index contributed by atoms with van der Waals surface area (Å²) in [6, 6.07) is 16.0. The maximum absolute atomic E-state index is 6.02. The highest BCUT2D eigenvalue weighted by atomic mass is 16.5. The zero-order valence-corrected chi connectivity index (χ0v) is 10.8. The molecule has 0 fully saturated rings. The van der Waals surface area contributed by atoms with E-state index in [1.165, 1.54) is 5.69 Å². The molecule has 0 atom stereocenters. The Bertz CT molecular complexity index is 511. The molecule has 2 aromatic rings. The van der Waals surface area contributed by atoms with Crippen molar-refractivity contribution in [2.75, 3.05) is 24.8 Å². The molecule has 0 saturated carbocycles. The Kier molecular flexibility index (Phi) is 3.72. The zero-order chi connectivity index (χ0) is 13.0. The third-order valence-corrected chi connectivity index (χ3v) is 2.96. The van der Waals surface area contributed by atoms with E-state index in [-0.39, 0.29) is 0 Å². The van der Waals surface area contributed by atoms with Crippen molar-refractivity contribution in [2.45, 2.75) is 6.54 Å². The number of hydrogen-bond donors (Lipinski definition) is 1. The molecule has 18 heavy (non-hydrogen) atoms. The SMILES string of the molecule is COc1ccc(CN(C)c2ccccc2)c(N)c1. The fraction of sp³-hybridized carbons (Fsp3) is 0.200. The van der Waals surface area contributed by atoms with Crippen LogP contribution in [-0.2, 0) is 6.54 Å². The Morgan fingerprint density at radius 3 is 2.44 bits per heavy atom. The number of methoxy groups -OCH3 is 1. The molecule has 0 spiro atoms. The third-order valence-electron chi connectivity index (χ3n) is 2.96. The Labute approximate surface area is 108 Å². The van der Waals surface area contributed by atoms with Crippen molar-refractivity contribution in [3.8, 4) is 5.75 Å². The van der Waals surface area contributed by atoms with E-state index in [0.717, 1.165) is 23.5 Å². The van der Waals surface area contributed by atoms with Crippen molar-refractivity contribution in [1.29, 1.82) is 0 Å². The first-order valence-electron chi connectivity index (χ1n) is 5.89. The van der Waals surface area contributed by atoms with Crippen LogP contribution in [0.5, 0.6) is 5.75 Å². The summed E-state index contributed by atoms with van der Waals surface area (Å²) in [5.74, 6) is 0.790. The molecule has 2 aromatic carbocycles. The fourth-order valence-electron chi connectivity index (χ4n) is 1.87. The quantitative estimate of drug-likeness (QED) is 0.838. The predicted molar refractivity (Wildman–Crippen MR) is 76.0 cm³/mol. The van der Waals surface area contributed by atoms with E-state index >= 15 is 0 Å². The number of para-hydroxylation sites is 1. The van der Waals surface area contributed by atoms with Crippen LogP contribution in [-0.4, -0.2) is 14.2 Å². The highest BCUT2D eigenvalue weighted by Crippen LogP contribution is 2.22. The molecule has 2 N–H and O–H groups in total. The second-order valence-electron chi connectivity index (χ2n) is 4.26. The van der Waals surface area contributed by atoms with Gasteiger partial charge in [0.1, 0.15) is 5.75 Å². The lowest BCUT2D eigenvalue weighted by molar-refractivity contribution is 0.415. The van der Waals surface area contributed by atoms with Crippen LogP contribution in [0.4, 0.5) is 11.4 Å². The molecule has 0 bridgehead atoms. The van der Waals surface area contributed by atoms with E-state index in [1.54, 1.807) is 7.11 Å². The lowest BCUT2D eigenvalue weighted by atomic mass is 10.1. The van der Waals surface area contributed by atoms with Gasteiger partial charge in [0.2, 0.25) is 0 Å². The average molecular weight is 242 g/mol. The highest BCUT2D eigenvalue weighted by molar-refractivity contribution is 5.54. The van der Waals surface area contributed by atoms with Crippen LogP contribution in [0, 0.1) is 0 Å². The maximum atomic E-state index is 6.02. The van der Waals surface area contributed by atoms with Gasteiger partial charge in [-0.25, -0.2) is 0 Å². The third kappa shape index (κ3) is 2.74. The Hall–Kier alpha value is -2.16. The van der Waals surface area contributed by atoms with Crippen LogP contribution < -0.4 is 15.4 Å². The van der Waals surface area contributed by atoms with Crippen LogP contribution in [0.3, 0.4) is 0 Å². The largest absolute Gasteiger partial charge is 0.497 e. The molecular weight excluding hydrogens is 224 g/mol. The normalized spacial score (nSPS) is 10.1. The van der Waals surface area contributed by atoms with E-state index in [1.807, 2.05) is 36.4 Å². The summed E-state index contributed by atoms with van der Waals surface area (Å²) in [5, 5.41) is 0. The number of rotatable bonds is 4. The molecule has 0 amide bonds. The van der Waals surface area contributed by atoms with Gasteiger partial charge in [0.15, 0.2) is 0 Å². The van der Waals surface area contributed by atoms with Gasteiger partial charge in [-0.05, 0) is 23.8 Å². The van der Waals surface area contributed by atoms with E-state index in [0.29, 0.717) is 0 Å². The Balaban J connectivity index is 2.14. The summed E-state index contributed by atoms with van der Waals surface area (Å²) in [5.41, 5.74) is 9.05. The molecule has 2 rings (SSSR count). The van der Waals surface area contributed by atoms with Crippen LogP contribution in [0.1, 0.15) is 5.56 Å². The minimum absolute atomic E-state index is 0.761. The monoisotopic (exact) mass is 242 g/mol. The van der Waals surface area contributed by atoms with E-state index < -0.39 is 0 Å². The van der Waals surface area contributed by atoms with Crippen LogP contribution in [0.15, 0.2) is 48.5 Å². The van der Waals surface area contributed by atoms with E-state index in [9.17, 15) is 0 Å². The molecule has 0 saturated heterocycles. The number of hydrogen-bond acceptors (Lipinski definition) is 3. The van der Waals surface area contributed by atoms with Gasteiger partial charge in [0.05, 0.1) is 7.11 Å². The minimum Gasteiger partial charge on any atom is -0.497 e. The van der Waals surface area contributed by atoms with Crippen molar-refractivity contribution in [2.24, 2.45) is 0 Å². The molecule has 94 valence electrons. The standard InChI is InChI=1S/C15H18N2O/c1-17(13-6-4-3-5-7-13)11-12-8-9-14(18-2)10-15(12)16/h3-10H,11,16H2,1-2H3. The molecule has 0 heterocycles. The average Bonchev–Trinajstić information content (AvgIpc) is 2.42. The Morgan fingerprint density at radius 1 is 1.11 bits per heavy atom. The predicted octanol–water partition coefficient (Wildman–Crippen LogP) is 2.91. The van der Waals surface area contributed by atoms with Crippen molar-refractivity contribution in [3.05, 3.63) is 54.1 Å². The highest BCUT2D eigenvalue weighted by Gasteiger charge is 2.05. The van der Waals surface area contributed by atoms with E-state index in [2.05, 4.69) is 24.1 Å². The summed E-state index contributed by atoms with van der Waals surface area (Å²) in [4.78, 5) is 2.16. The second kappa shape index (κ2) is 5.45. The topological polar surface area (TPSA) is 38.5 Å². The first-order chi connectivity index (χ1) is 8.70. The molecule has 0 aromatic heterocycles. The first kappa shape index (κ1) is 12.3. The van der Waals surface area contributed by atoms with Crippen LogP contribution in [0.25, 0.3) is 0 Å². The van der Waals surface area contributed by atoms with Crippen LogP contribution in [0.2, 0.25) is 0 Å². The summed E-state index contributed by atoms with van der Waals surface area (Å²) in [6.45, 7) is 0.778. The lowest BCUT2D eigenvalue weighted by Gasteiger charge is -2.20. The van der Waals surface area contributed by atoms with Crippen molar-refractivity contribution >= 4 is 11.4 Å². The minimum atomic E-state index is 0.761. The first-order valence-corrected chi connectivity index (χ1v) is 5.89. The summed E-state index contributed by atoms with van der Waals surface area (Å²) < 4.78 is 5.15. The summed E-state index contributed by atoms with van der Waals surface area (Å²) in [7, 11) is 3.70. The van der Waals surface area contributed by atoms with Gasteiger partial charge in [-0.2, -0.15) is 0 Å². The molecule has 0 aliphatic carbocycles. The van der Waals surface area contributed by atoms with Gasteiger partial charge in [-0.15, -0.1) is 0 Å². The van der Waals surface area contributed by atoms with Gasteiger partial charge in [0.25, 0.3) is 0 Å². The number of nitrogens with two attached hydrogens (primary N) is 1. The summed E-state index contributed by atoms with van der Waals surface area (Å²) >= 11 is 0. The number of nitrogen functional groups attached to an aromatic ring is 1. The van der Waals surface area contributed by atoms with Gasteiger partial charge >= 0.3 is 0 Å². The van der Waals surface area contributed by atoms with Crippen molar-refractivity contribution in [3.63, 3.8) is 0 Å². The molecule has 0 aliphatic rings. The fourth-order valence-corrected chi connectivity index (χ4v) is 1.87. The number of nitrogens with zero attached hydrogens (tertiary/aromatic N) is 1. The molecule has 0 radical (unpaired) electrons. The smallest absolute Gasteiger partial charge is 0.120 e. The van der Waals surface area contributed by atoms with Gasteiger partial charge in [-0.3, -0.25) is 0 Å². The number of anilines is 2. The zero-order valence-electron chi connectivity index (χ0n) is 10.8. The van der Waals surface area contributed by atoms with Gasteiger partial charge in [-0.1, -0.05) is 24.3 Å². The second-order valence-corrected chi connectivity index (χ2v) is 4.26.